The highest BCUT2D eigenvalue weighted by molar-refractivity contribution is 5.71. The molecular weight excluding hydrogens is 853 g/mol. The van der Waals surface area contributed by atoms with E-state index in [-0.39, 0.29) is 31.1 Å². The van der Waals surface area contributed by atoms with E-state index in [0.717, 1.165) is 96.3 Å². The summed E-state index contributed by atoms with van der Waals surface area (Å²) >= 11 is 0. The second-order valence-corrected chi connectivity index (χ2v) is 20.6. The van der Waals surface area contributed by atoms with Crippen LogP contribution < -0.4 is 0 Å². The molecule has 0 heterocycles. The van der Waals surface area contributed by atoms with E-state index < -0.39 is 6.10 Å². The standard InChI is InChI=1S/C63H116O6/c1-4-7-10-13-16-19-22-25-27-28-29-30-31-32-33-34-36-38-41-44-47-50-53-56-62(65)68-59-60(58-67-61(64)55-52-49-46-43-40-37-24-21-18-15-12-9-6-3)69-63(66)57-54-51-48-45-42-39-35-26-23-20-17-14-11-8-5-2/h8,11,17,20,26,35,60H,4-7,9-10,12-16,18-19,21-25,27-34,36-59H2,1-3H3/b11-8-,20-17-,35-26-. The number of carbonyl (C=O) groups is 3. The van der Waals surface area contributed by atoms with Gasteiger partial charge < -0.3 is 14.2 Å². The molecule has 0 bridgehead atoms. The molecule has 6 heteroatoms. The smallest absolute Gasteiger partial charge is 0.306 e. The van der Waals surface area contributed by atoms with E-state index in [4.69, 9.17) is 14.2 Å². The van der Waals surface area contributed by atoms with Crippen molar-refractivity contribution in [1.82, 2.24) is 0 Å². The lowest BCUT2D eigenvalue weighted by molar-refractivity contribution is -0.167. The van der Waals surface area contributed by atoms with Gasteiger partial charge in [-0.3, -0.25) is 14.4 Å². The molecule has 1 atom stereocenters. The van der Waals surface area contributed by atoms with Crippen LogP contribution in [-0.2, 0) is 28.6 Å². The first-order chi connectivity index (χ1) is 34.0. The van der Waals surface area contributed by atoms with E-state index in [0.29, 0.717) is 19.3 Å². The fraction of sp³-hybridized carbons (Fsp3) is 0.857. The Balaban J connectivity index is 4.25. The molecule has 0 N–H and O–H groups in total. The fourth-order valence-electron chi connectivity index (χ4n) is 9.11. The summed E-state index contributed by atoms with van der Waals surface area (Å²) in [5.74, 6) is -0.870. The van der Waals surface area contributed by atoms with Gasteiger partial charge in [-0.05, 0) is 51.4 Å². The highest BCUT2D eigenvalue weighted by atomic mass is 16.6. The minimum absolute atomic E-state index is 0.0742. The van der Waals surface area contributed by atoms with Crippen LogP contribution in [0.1, 0.15) is 329 Å². The largest absolute Gasteiger partial charge is 0.462 e. The second-order valence-electron chi connectivity index (χ2n) is 20.6. The number of esters is 3. The lowest BCUT2D eigenvalue weighted by Crippen LogP contribution is -2.30. The quantitative estimate of drug-likeness (QED) is 0.0261. The van der Waals surface area contributed by atoms with Gasteiger partial charge in [0.05, 0.1) is 0 Å². The number of hydrogen-bond acceptors (Lipinski definition) is 6. The molecule has 0 saturated carbocycles. The van der Waals surface area contributed by atoms with Crippen molar-refractivity contribution in [2.75, 3.05) is 13.2 Å². The average Bonchev–Trinajstić information content (AvgIpc) is 3.35. The van der Waals surface area contributed by atoms with E-state index in [9.17, 15) is 14.4 Å². The van der Waals surface area contributed by atoms with Crippen molar-refractivity contribution in [1.29, 1.82) is 0 Å². The molecule has 0 radical (unpaired) electrons. The molecule has 0 amide bonds. The van der Waals surface area contributed by atoms with Crippen LogP contribution in [0.5, 0.6) is 0 Å². The molecule has 0 aliphatic carbocycles. The Bertz CT molecular complexity index is 1160. The SMILES string of the molecule is CC/C=C\C/C=C\C/C=C\CCCCCCCC(=O)OC(COC(=O)CCCCCCCCCCCCCCC)COC(=O)CCCCCCCCCCCCCCCCCCCCCCCCC. The minimum atomic E-state index is -0.777. The normalized spacial score (nSPS) is 12.2. The Morgan fingerprint density at radius 3 is 0.884 bits per heavy atom. The molecule has 0 fully saturated rings. The van der Waals surface area contributed by atoms with Gasteiger partial charge in [-0.2, -0.15) is 0 Å². The van der Waals surface area contributed by atoms with Gasteiger partial charge in [-0.1, -0.05) is 295 Å². The van der Waals surface area contributed by atoms with Crippen LogP contribution in [0.2, 0.25) is 0 Å². The van der Waals surface area contributed by atoms with Gasteiger partial charge in [-0.15, -0.1) is 0 Å². The van der Waals surface area contributed by atoms with E-state index in [1.165, 1.54) is 193 Å². The molecular formula is C63H116O6. The molecule has 6 nitrogen and oxygen atoms in total. The van der Waals surface area contributed by atoms with Crippen molar-refractivity contribution < 1.29 is 28.6 Å². The van der Waals surface area contributed by atoms with Crippen molar-refractivity contribution in [3.63, 3.8) is 0 Å². The van der Waals surface area contributed by atoms with Gasteiger partial charge in [0, 0.05) is 19.3 Å². The summed E-state index contributed by atoms with van der Waals surface area (Å²) in [5.41, 5.74) is 0. The molecule has 0 aliphatic rings. The molecule has 0 saturated heterocycles. The van der Waals surface area contributed by atoms with E-state index in [1.807, 2.05) is 0 Å². The number of carbonyl (C=O) groups excluding carboxylic acids is 3. The van der Waals surface area contributed by atoms with E-state index in [1.54, 1.807) is 0 Å². The van der Waals surface area contributed by atoms with Crippen LogP contribution in [0.25, 0.3) is 0 Å². The van der Waals surface area contributed by atoms with Crippen LogP contribution in [0, 0.1) is 0 Å². The van der Waals surface area contributed by atoms with Crippen LogP contribution in [0.3, 0.4) is 0 Å². The van der Waals surface area contributed by atoms with Crippen LogP contribution in [0.4, 0.5) is 0 Å². The summed E-state index contributed by atoms with van der Waals surface area (Å²) in [4.78, 5) is 38.2. The second kappa shape index (κ2) is 58.2. The van der Waals surface area contributed by atoms with Gasteiger partial charge in [0.15, 0.2) is 6.10 Å². The Morgan fingerprint density at radius 1 is 0.304 bits per heavy atom. The number of unbranched alkanes of at least 4 members (excludes halogenated alkanes) is 39. The fourth-order valence-corrected chi connectivity index (χ4v) is 9.11. The van der Waals surface area contributed by atoms with Crippen molar-refractivity contribution in [2.45, 2.75) is 335 Å². The molecule has 0 aliphatic heterocycles. The Hall–Kier alpha value is -2.37. The highest BCUT2D eigenvalue weighted by Crippen LogP contribution is 2.18. The van der Waals surface area contributed by atoms with Gasteiger partial charge in [0.2, 0.25) is 0 Å². The summed E-state index contributed by atoms with van der Waals surface area (Å²) in [5, 5.41) is 0. The Labute approximate surface area is 429 Å². The predicted molar refractivity (Wildman–Crippen MR) is 298 cm³/mol. The highest BCUT2D eigenvalue weighted by Gasteiger charge is 2.19. The number of ether oxygens (including phenoxy) is 3. The van der Waals surface area contributed by atoms with Crippen molar-refractivity contribution in [3.8, 4) is 0 Å². The zero-order valence-corrected chi connectivity index (χ0v) is 46.3. The van der Waals surface area contributed by atoms with Crippen molar-refractivity contribution in [2.24, 2.45) is 0 Å². The van der Waals surface area contributed by atoms with Crippen LogP contribution in [0.15, 0.2) is 36.5 Å². The molecule has 0 aromatic carbocycles. The Morgan fingerprint density at radius 2 is 0.565 bits per heavy atom. The van der Waals surface area contributed by atoms with Gasteiger partial charge in [-0.25, -0.2) is 0 Å². The maximum absolute atomic E-state index is 12.8. The molecule has 69 heavy (non-hydrogen) atoms. The summed E-state index contributed by atoms with van der Waals surface area (Å²) < 4.78 is 16.9. The summed E-state index contributed by atoms with van der Waals surface area (Å²) in [6, 6.07) is 0. The molecule has 1 unspecified atom stereocenters. The number of allylic oxidation sites excluding steroid dienone is 6. The summed E-state index contributed by atoms with van der Waals surface area (Å²) in [6.45, 7) is 6.57. The molecule has 0 rings (SSSR count). The van der Waals surface area contributed by atoms with E-state index >= 15 is 0 Å². The minimum Gasteiger partial charge on any atom is -0.462 e. The summed E-state index contributed by atoms with van der Waals surface area (Å²) in [6.07, 6.45) is 70.1. The maximum Gasteiger partial charge on any atom is 0.306 e. The number of rotatable bonds is 56. The topological polar surface area (TPSA) is 78.9 Å². The van der Waals surface area contributed by atoms with Gasteiger partial charge in [0.25, 0.3) is 0 Å². The first kappa shape index (κ1) is 66.6. The first-order valence-electron chi connectivity index (χ1n) is 30.5. The van der Waals surface area contributed by atoms with E-state index in [2.05, 4.69) is 57.2 Å². The average molecular weight is 970 g/mol. The van der Waals surface area contributed by atoms with Crippen molar-refractivity contribution in [3.05, 3.63) is 36.5 Å². The molecule has 0 aromatic heterocycles. The third kappa shape index (κ3) is 56.4. The lowest BCUT2D eigenvalue weighted by atomic mass is 10.0. The maximum atomic E-state index is 12.8. The van der Waals surface area contributed by atoms with Crippen molar-refractivity contribution >= 4 is 17.9 Å². The monoisotopic (exact) mass is 969 g/mol. The molecule has 0 spiro atoms. The zero-order valence-electron chi connectivity index (χ0n) is 46.3. The van der Waals surface area contributed by atoms with Gasteiger partial charge in [0.1, 0.15) is 13.2 Å². The molecule has 404 valence electrons. The third-order valence-corrected chi connectivity index (χ3v) is 13.7. The zero-order chi connectivity index (χ0) is 50.0. The van der Waals surface area contributed by atoms with Crippen LogP contribution in [-0.4, -0.2) is 37.2 Å². The third-order valence-electron chi connectivity index (χ3n) is 13.7. The summed E-state index contributed by atoms with van der Waals surface area (Å²) in [7, 11) is 0. The Kier molecular flexibility index (Phi) is 56.2. The van der Waals surface area contributed by atoms with Crippen LogP contribution >= 0.6 is 0 Å². The van der Waals surface area contributed by atoms with Gasteiger partial charge >= 0.3 is 17.9 Å². The predicted octanol–water partition coefficient (Wildman–Crippen LogP) is 20.4. The lowest BCUT2D eigenvalue weighted by Gasteiger charge is -2.18. The number of hydrogen-bond donors (Lipinski definition) is 0. The molecule has 0 aromatic rings. The first-order valence-corrected chi connectivity index (χ1v) is 30.5.